The molecule has 1 fully saturated rings. The van der Waals surface area contributed by atoms with Crippen LogP contribution < -0.4 is 16.0 Å². The minimum atomic E-state index is -3.61. The number of benzene rings is 1. The van der Waals surface area contributed by atoms with Crippen LogP contribution in [0.1, 0.15) is 32.1 Å². The average molecular weight is 299 g/mol. The fourth-order valence-corrected chi connectivity index (χ4v) is 3.73. The fourth-order valence-electron chi connectivity index (χ4n) is 2.42. The van der Waals surface area contributed by atoms with E-state index in [2.05, 4.69) is 10.1 Å². The van der Waals surface area contributed by atoms with Crippen molar-refractivity contribution in [1.82, 2.24) is 4.72 Å². The monoisotopic (exact) mass is 299 g/mol. The zero-order valence-corrected chi connectivity index (χ0v) is 12.1. The Morgan fingerprint density at radius 2 is 1.75 bits per heavy atom. The summed E-state index contributed by atoms with van der Waals surface area (Å²) >= 11 is 0. The Morgan fingerprint density at radius 1 is 1.10 bits per heavy atom. The Balaban J connectivity index is 2.12. The molecule has 1 aromatic carbocycles. The first-order valence-electron chi connectivity index (χ1n) is 6.80. The number of hydrogen-bond acceptors (Lipinski definition) is 5. The van der Waals surface area contributed by atoms with E-state index >= 15 is 0 Å². The summed E-state index contributed by atoms with van der Waals surface area (Å²) < 4.78 is 27.2. The molecule has 0 amide bonds. The van der Waals surface area contributed by atoms with Crippen molar-refractivity contribution in [3.63, 3.8) is 0 Å². The standard InChI is InChI=1S/C13H21N3O3S/c14-15-10-6-8-11(9-7-10)20(18,19)16-12-4-2-1-3-5-13(12)17/h6-9,12-13,15-17H,1-5,14H2. The maximum Gasteiger partial charge on any atom is 0.240 e. The maximum atomic E-state index is 12.3. The highest BCUT2D eigenvalue weighted by Crippen LogP contribution is 2.20. The van der Waals surface area contributed by atoms with E-state index in [0.29, 0.717) is 18.5 Å². The Labute approximate surface area is 119 Å². The first-order valence-corrected chi connectivity index (χ1v) is 8.28. The van der Waals surface area contributed by atoms with Gasteiger partial charge in [-0.2, -0.15) is 0 Å². The van der Waals surface area contributed by atoms with Crippen molar-refractivity contribution < 1.29 is 13.5 Å². The van der Waals surface area contributed by atoms with E-state index in [1.54, 1.807) is 12.1 Å². The van der Waals surface area contributed by atoms with Crippen LogP contribution in [0.4, 0.5) is 5.69 Å². The maximum absolute atomic E-state index is 12.3. The lowest BCUT2D eigenvalue weighted by atomic mass is 10.1. The predicted octanol–water partition coefficient (Wildman–Crippen LogP) is 0.944. The van der Waals surface area contributed by atoms with Gasteiger partial charge in [-0.25, -0.2) is 13.1 Å². The minimum absolute atomic E-state index is 0.174. The molecule has 1 aromatic rings. The van der Waals surface area contributed by atoms with Gasteiger partial charge in [0.05, 0.1) is 11.0 Å². The Kier molecular flexibility index (Phi) is 4.98. The molecule has 0 aliphatic heterocycles. The van der Waals surface area contributed by atoms with Crippen LogP contribution in [-0.2, 0) is 10.0 Å². The molecule has 2 atom stereocenters. The number of aliphatic hydroxyl groups is 1. The van der Waals surface area contributed by atoms with Crippen LogP contribution in [0.5, 0.6) is 0 Å². The minimum Gasteiger partial charge on any atom is -0.391 e. The number of anilines is 1. The number of nitrogen functional groups attached to an aromatic ring is 1. The van der Waals surface area contributed by atoms with Crippen molar-refractivity contribution in [2.75, 3.05) is 5.43 Å². The second-order valence-electron chi connectivity index (χ2n) is 5.10. The van der Waals surface area contributed by atoms with Gasteiger partial charge in [0.15, 0.2) is 0 Å². The van der Waals surface area contributed by atoms with Crippen LogP contribution in [0.2, 0.25) is 0 Å². The lowest BCUT2D eigenvalue weighted by Gasteiger charge is -2.21. The number of nitrogens with one attached hydrogen (secondary N) is 2. The van der Waals surface area contributed by atoms with Gasteiger partial charge in [0.1, 0.15) is 0 Å². The number of aliphatic hydroxyl groups excluding tert-OH is 1. The van der Waals surface area contributed by atoms with Crippen molar-refractivity contribution in [1.29, 1.82) is 0 Å². The third-order valence-electron chi connectivity index (χ3n) is 3.62. The summed E-state index contributed by atoms with van der Waals surface area (Å²) in [7, 11) is -3.61. The van der Waals surface area contributed by atoms with E-state index in [4.69, 9.17) is 5.84 Å². The number of rotatable bonds is 4. The van der Waals surface area contributed by atoms with Gasteiger partial charge < -0.3 is 10.5 Å². The van der Waals surface area contributed by atoms with Gasteiger partial charge in [-0.15, -0.1) is 0 Å². The van der Waals surface area contributed by atoms with E-state index in [-0.39, 0.29) is 4.90 Å². The highest BCUT2D eigenvalue weighted by Gasteiger charge is 2.26. The normalized spacial score (nSPS) is 24.1. The number of nitrogens with two attached hydrogens (primary N) is 1. The Bertz CT molecular complexity index is 530. The highest BCUT2D eigenvalue weighted by atomic mass is 32.2. The first kappa shape index (κ1) is 15.2. The number of hydrogen-bond donors (Lipinski definition) is 4. The first-order chi connectivity index (χ1) is 9.53. The Morgan fingerprint density at radius 3 is 2.40 bits per heavy atom. The molecular formula is C13H21N3O3S. The van der Waals surface area contributed by atoms with Gasteiger partial charge in [-0.3, -0.25) is 5.84 Å². The molecule has 1 saturated carbocycles. The van der Waals surface area contributed by atoms with Crippen molar-refractivity contribution in [2.45, 2.75) is 49.1 Å². The largest absolute Gasteiger partial charge is 0.391 e. The van der Waals surface area contributed by atoms with E-state index in [1.807, 2.05) is 0 Å². The summed E-state index contributed by atoms with van der Waals surface area (Å²) in [5.41, 5.74) is 3.08. The zero-order valence-electron chi connectivity index (χ0n) is 11.2. The molecule has 5 N–H and O–H groups in total. The van der Waals surface area contributed by atoms with Gasteiger partial charge in [-0.05, 0) is 37.1 Å². The lowest BCUT2D eigenvalue weighted by molar-refractivity contribution is 0.130. The molecule has 0 bridgehead atoms. The van der Waals surface area contributed by atoms with Crippen molar-refractivity contribution in [3.05, 3.63) is 24.3 Å². The van der Waals surface area contributed by atoms with Crippen molar-refractivity contribution >= 4 is 15.7 Å². The molecule has 0 spiro atoms. The average Bonchev–Trinajstić information content (AvgIpc) is 2.64. The lowest BCUT2D eigenvalue weighted by Crippen LogP contribution is -2.42. The molecule has 0 saturated heterocycles. The molecule has 1 aliphatic carbocycles. The van der Waals surface area contributed by atoms with Crippen LogP contribution in [0.25, 0.3) is 0 Å². The Hall–Kier alpha value is -1.15. The molecule has 0 aromatic heterocycles. The van der Waals surface area contributed by atoms with Crippen LogP contribution in [0, 0.1) is 0 Å². The van der Waals surface area contributed by atoms with Crippen LogP contribution >= 0.6 is 0 Å². The quantitative estimate of drug-likeness (QED) is 0.376. The van der Waals surface area contributed by atoms with E-state index in [0.717, 1.165) is 19.3 Å². The second-order valence-corrected chi connectivity index (χ2v) is 6.82. The third kappa shape index (κ3) is 3.69. The van der Waals surface area contributed by atoms with Crippen molar-refractivity contribution in [3.8, 4) is 0 Å². The van der Waals surface area contributed by atoms with Gasteiger partial charge in [0.2, 0.25) is 10.0 Å². The SMILES string of the molecule is NNc1ccc(S(=O)(=O)NC2CCCCCC2O)cc1. The molecule has 0 radical (unpaired) electrons. The summed E-state index contributed by atoms with van der Waals surface area (Å²) in [4.78, 5) is 0.174. The molecule has 112 valence electrons. The summed E-state index contributed by atoms with van der Waals surface area (Å²) in [6.45, 7) is 0. The third-order valence-corrected chi connectivity index (χ3v) is 5.12. The van der Waals surface area contributed by atoms with E-state index < -0.39 is 22.2 Å². The smallest absolute Gasteiger partial charge is 0.240 e. The zero-order chi connectivity index (χ0) is 14.6. The van der Waals surface area contributed by atoms with Crippen LogP contribution in [0.3, 0.4) is 0 Å². The van der Waals surface area contributed by atoms with Gasteiger partial charge >= 0.3 is 0 Å². The summed E-state index contributed by atoms with van der Waals surface area (Å²) in [5.74, 6) is 5.25. The summed E-state index contributed by atoms with van der Waals surface area (Å²) in [6, 6.07) is 5.76. The summed E-state index contributed by atoms with van der Waals surface area (Å²) in [6.07, 6.45) is 3.60. The molecule has 2 rings (SSSR count). The summed E-state index contributed by atoms with van der Waals surface area (Å²) in [5, 5.41) is 9.99. The van der Waals surface area contributed by atoms with Crippen LogP contribution in [-0.4, -0.2) is 25.7 Å². The van der Waals surface area contributed by atoms with Gasteiger partial charge in [0.25, 0.3) is 0 Å². The van der Waals surface area contributed by atoms with E-state index in [1.165, 1.54) is 12.1 Å². The number of sulfonamides is 1. The van der Waals surface area contributed by atoms with Crippen LogP contribution in [0.15, 0.2) is 29.2 Å². The van der Waals surface area contributed by atoms with Gasteiger partial charge in [-0.1, -0.05) is 19.3 Å². The topological polar surface area (TPSA) is 104 Å². The number of hydrazine groups is 1. The second kappa shape index (κ2) is 6.53. The predicted molar refractivity (Wildman–Crippen MR) is 77.5 cm³/mol. The molecule has 1 aliphatic rings. The van der Waals surface area contributed by atoms with Gasteiger partial charge in [0, 0.05) is 11.7 Å². The fraction of sp³-hybridized carbons (Fsp3) is 0.538. The molecule has 7 heteroatoms. The highest BCUT2D eigenvalue weighted by molar-refractivity contribution is 7.89. The molecule has 6 nitrogen and oxygen atoms in total. The molecule has 2 unspecified atom stereocenters. The molecular weight excluding hydrogens is 278 g/mol. The van der Waals surface area contributed by atoms with Crippen molar-refractivity contribution in [2.24, 2.45) is 5.84 Å². The molecule has 20 heavy (non-hydrogen) atoms. The molecule has 0 heterocycles. The van der Waals surface area contributed by atoms with E-state index in [9.17, 15) is 13.5 Å².